The third-order valence-corrected chi connectivity index (χ3v) is 4.15. The zero-order chi connectivity index (χ0) is 17.8. The van der Waals surface area contributed by atoms with E-state index in [1.807, 2.05) is 30.3 Å². The van der Waals surface area contributed by atoms with Crippen molar-refractivity contribution in [2.75, 3.05) is 0 Å². The van der Waals surface area contributed by atoms with Crippen molar-refractivity contribution in [3.63, 3.8) is 0 Å². The van der Waals surface area contributed by atoms with E-state index in [1.54, 1.807) is 13.0 Å². The maximum absolute atomic E-state index is 11.9. The predicted molar refractivity (Wildman–Crippen MR) is 95.3 cm³/mol. The maximum atomic E-state index is 11.9. The highest BCUT2D eigenvalue weighted by molar-refractivity contribution is 6.07. The number of nitrogens with zero attached hydrogens (tertiary/aromatic N) is 2. The fraction of sp³-hybridized carbons (Fsp3) is 0.222. The third-order valence-electron chi connectivity index (χ3n) is 4.15. The second kappa shape index (κ2) is 7.12. The molecule has 0 saturated carbocycles. The maximum Gasteiger partial charge on any atom is 0.248 e. The van der Waals surface area contributed by atoms with Gasteiger partial charge in [0, 0.05) is 17.7 Å². The van der Waals surface area contributed by atoms with Gasteiger partial charge in [-0.25, -0.2) is 10.9 Å². The molecular weight excluding hydrogens is 320 g/mol. The molecule has 0 spiro atoms. The summed E-state index contributed by atoms with van der Waals surface area (Å²) in [6.07, 6.45) is 1.95. The number of hydrogen-bond donors (Lipinski definition) is 3. The van der Waals surface area contributed by atoms with Crippen LogP contribution >= 0.6 is 0 Å². The Bertz CT molecular complexity index is 889. The van der Waals surface area contributed by atoms with Crippen molar-refractivity contribution in [2.24, 2.45) is 16.1 Å². The average Bonchev–Trinajstić information content (AvgIpc) is 2.93. The van der Waals surface area contributed by atoms with Crippen LogP contribution in [0.5, 0.6) is 5.75 Å². The first-order valence-electron chi connectivity index (χ1n) is 7.93. The van der Waals surface area contributed by atoms with Crippen molar-refractivity contribution in [1.82, 2.24) is 10.9 Å². The molecule has 1 aliphatic heterocycles. The molecule has 0 radical (unpaired) electrons. The molecule has 0 saturated heterocycles. The summed E-state index contributed by atoms with van der Waals surface area (Å²) in [5.41, 5.74) is 6.04. The van der Waals surface area contributed by atoms with Crippen molar-refractivity contribution in [3.05, 3.63) is 42.0 Å². The van der Waals surface area contributed by atoms with Gasteiger partial charge in [-0.3, -0.25) is 9.59 Å². The Hall–Kier alpha value is -3.22. The number of benzene rings is 2. The molecule has 0 fully saturated rings. The third kappa shape index (κ3) is 3.65. The highest BCUT2D eigenvalue weighted by atomic mass is 16.3. The van der Waals surface area contributed by atoms with E-state index in [9.17, 15) is 14.7 Å². The molecule has 128 valence electrons. The first-order valence-corrected chi connectivity index (χ1v) is 7.93. The Kier molecular flexibility index (Phi) is 4.74. The smallest absolute Gasteiger partial charge is 0.248 e. The molecule has 2 aromatic rings. The predicted octanol–water partition coefficient (Wildman–Crippen LogP) is 1.90. The lowest BCUT2D eigenvalue weighted by atomic mass is 9.99. The fourth-order valence-corrected chi connectivity index (χ4v) is 2.75. The average molecular weight is 338 g/mol. The second-order valence-electron chi connectivity index (χ2n) is 5.83. The summed E-state index contributed by atoms with van der Waals surface area (Å²) < 4.78 is 0. The van der Waals surface area contributed by atoms with Crippen LogP contribution in [0.15, 0.2) is 46.6 Å². The Morgan fingerprint density at radius 3 is 2.92 bits per heavy atom. The van der Waals surface area contributed by atoms with Gasteiger partial charge >= 0.3 is 0 Å². The SMILES string of the molecule is CC1=NNC(=O)C1CCC(=O)N/N=C\c1c(O)ccc2ccccc12. The van der Waals surface area contributed by atoms with Crippen LogP contribution in [0.4, 0.5) is 0 Å². The highest BCUT2D eigenvalue weighted by Gasteiger charge is 2.26. The van der Waals surface area contributed by atoms with Gasteiger partial charge in [0.05, 0.1) is 12.1 Å². The van der Waals surface area contributed by atoms with Crippen molar-refractivity contribution in [1.29, 1.82) is 0 Å². The van der Waals surface area contributed by atoms with Gasteiger partial charge in [0.15, 0.2) is 0 Å². The van der Waals surface area contributed by atoms with E-state index in [2.05, 4.69) is 21.1 Å². The normalized spacial score (nSPS) is 16.9. The van der Waals surface area contributed by atoms with E-state index < -0.39 is 0 Å². The summed E-state index contributed by atoms with van der Waals surface area (Å²) >= 11 is 0. The van der Waals surface area contributed by atoms with E-state index in [0.717, 1.165) is 10.8 Å². The van der Waals surface area contributed by atoms with Crippen molar-refractivity contribution in [2.45, 2.75) is 19.8 Å². The molecule has 7 heteroatoms. The Morgan fingerprint density at radius 2 is 2.16 bits per heavy atom. The molecule has 3 rings (SSSR count). The number of hydrazone groups is 2. The number of phenolic OH excluding ortho intramolecular Hbond substituents is 1. The second-order valence-corrected chi connectivity index (χ2v) is 5.83. The Labute approximate surface area is 144 Å². The summed E-state index contributed by atoms with van der Waals surface area (Å²) in [5, 5.41) is 19.6. The van der Waals surface area contributed by atoms with Crippen molar-refractivity contribution >= 4 is 34.5 Å². The van der Waals surface area contributed by atoms with Crippen molar-refractivity contribution in [3.8, 4) is 5.75 Å². The van der Waals surface area contributed by atoms with Crippen LogP contribution in [0.25, 0.3) is 10.8 Å². The lowest BCUT2D eigenvalue weighted by Crippen LogP contribution is -2.25. The molecule has 1 heterocycles. The van der Waals surface area contributed by atoms with Gasteiger partial charge in [-0.05, 0) is 30.2 Å². The van der Waals surface area contributed by atoms with Gasteiger partial charge < -0.3 is 5.11 Å². The molecule has 2 aromatic carbocycles. The summed E-state index contributed by atoms with van der Waals surface area (Å²) in [4.78, 5) is 23.4. The van der Waals surface area contributed by atoms with Gasteiger partial charge in [-0.15, -0.1) is 0 Å². The lowest BCUT2D eigenvalue weighted by molar-refractivity contribution is -0.123. The zero-order valence-corrected chi connectivity index (χ0v) is 13.7. The van der Waals surface area contributed by atoms with Crippen molar-refractivity contribution < 1.29 is 14.7 Å². The number of aromatic hydroxyl groups is 1. The van der Waals surface area contributed by atoms with Crippen LogP contribution in [0.3, 0.4) is 0 Å². The van der Waals surface area contributed by atoms with Crippen LogP contribution < -0.4 is 10.9 Å². The molecular formula is C18H18N4O3. The van der Waals surface area contributed by atoms with Crippen LogP contribution in [-0.4, -0.2) is 28.8 Å². The molecule has 1 aliphatic rings. The molecule has 0 bridgehead atoms. The number of phenols is 1. The molecule has 2 amide bonds. The standard InChI is InChI=1S/C18H18N4O3/c1-11-13(18(25)22-20-11)7-9-17(24)21-19-10-15-14-5-3-2-4-12(14)6-8-16(15)23/h2-6,8,10,13,23H,7,9H2,1H3,(H,21,24)(H,22,25)/b19-10-. The first kappa shape index (κ1) is 16.6. The van der Waals surface area contributed by atoms with E-state index in [0.29, 0.717) is 17.7 Å². The van der Waals surface area contributed by atoms with E-state index >= 15 is 0 Å². The monoisotopic (exact) mass is 338 g/mol. The van der Waals surface area contributed by atoms with Gasteiger partial charge in [0.1, 0.15) is 5.75 Å². The number of fused-ring (bicyclic) bond motifs is 1. The van der Waals surface area contributed by atoms with Crippen LogP contribution in [0, 0.1) is 5.92 Å². The molecule has 1 atom stereocenters. The molecule has 0 aliphatic carbocycles. The molecule has 7 nitrogen and oxygen atoms in total. The minimum absolute atomic E-state index is 0.0890. The van der Waals surface area contributed by atoms with Gasteiger partial charge in [-0.2, -0.15) is 10.2 Å². The highest BCUT2D eigenvalue weighted by Crippen LogP contribution is 2.25. The van der Waals surface area contributed by atoms with E-state index in [1.165, 1.54) is 6.21 Å². The number of nitrogens with one attached hydrogen (secondary N) is 2. The van der Waals surface area contributed by atoms with Crippen LogP contribution in [0.1, 0.15) is 25.3 Å². The van der Waals surface area contributed by atoms with Crippen LogP contribution in [-0.2, 0) is 9.59 Å². The summed E-state index contributed by atoms with van der Waals surface area (Å²) in [7, 11) is 0. The Morgan fingerprint density at radius 1 is 1.36 bits per heavy atom. The summed E-state index contributed by atoms with van der Waals surface area (Å²) in [5.74, 6) is -0.763. The van der Waals surface area contributed by atoms with Gasteiger partial charge in [-0.1, -0.05) is 30.3 Å². The van der Waals surface area contributed by atoms with Gasteiger partial charge in [0.2, 0.25) is 11.8 Å². The van der Waals surface area contributed by atoms with E-state index in [-0.39, 0.29) is 29.9 Å². The molecule has 3 N–H and O–H groups in total. The Balaban J connectivity index is 1.62. The minimum atomic E-state index is -0.364. The molecule has 1 unspecified atom stereocenters. The molecule has 0 aromatic heterocycles. The number of rotatable bonds is 5. The lowest BCUT2D eigenvalue weighted by Gasteiger charge is -2.07. The number of carbonyl (C=O) groups excluding carboxylic acids is 2. The number of amides is 2. The summed E-state index contributed by atoms with van der Waals surface area (Å²) in [6, 6.07) is 11.0. The zero-order valence-electron chi connectivity index (χ0n) is 13.7. The fourth-order valence-electron chi connectivity index (χ4n) is 2.75. The quantitative estimate of drug-likeness (QED) is 0.573. The molecule has 25 heavy (non-hydrogen) atoms. The summed E-state index contributed by atoms with van der Waals surface area (Å²) in [6.45, 7) is 1.75. The van der Waals surface area contributed by atoms with E-state index in [4.69, 9.17) is 0 Å². The topological polar surface area (TPSA) is 103 Å². The number of carbonyl (C=O) groups is 2. The minimum Gasteiger partial charge on any atom is -0.507 e. The largest absolute Gasteiger partial charge is 0.507 e. The van der Waals surface area contributed by atoms with Gasteiger partial charge in [0.25, 0.3) is 0 Å². The number of hydrogen-bond acceptors (Lipinski definition) is 5. The first-order chi connectivity index (χ1) is 12.1. The van der Waals surface area contributed by atoms with Crippen LogP contribution in [0.2, 0.25) is 0 Å².